The predicted molar refractivity (Wildman–Crippen MR) is 67.8 cm³/mol. The maximum atomic E-state index is 11.8. The number of hydrogen-bond donors (Lipinski definition) is 2. The minimum Gasteiger partial charge on any atom is -0.478 e. The lowest BCUT2D eigenvalue weighted by Gasteiger charge is -2.15. The summed E-state index contributed by atoms with van der Waals surface area (Å²) in [4.78, 5) is 35.6. The minimum atomic E-state index is -1.10. The highest BCUT2D eigenvalue weighted by atomic mass is 16.4. The van der Waals surface area contributed by atoms with Gasteiger partial charge in [-0.25, -0.2) is 4.79 Å². The molecule has 1 fully saturated rings. The Labute approximate surface area is 110 Å². The molecular formula is C13H14N2O4. The van der Waals surface area contributed by atoms with Crippen molar-refractivity contribution in [3.63, 3.8) is 0 Å². The molecular weight excluding hydrogens is 248 g/mol. The molecule has 6 nitrogen and oxygen atoms in total. The zero-order valence-corrected chi connectivity index (χ0v) is 10.3. The summed E-state index contributed by atoms with van der Waals surface area (Å²) >= 11 is 0. The van der Waals surface area contributed by atoms with Crippen molar-refractivity contribution in [2.75, 3.05) is 18.4 Å². The standard InChI is InChI=1S/C13H14N2O4/c16-11(8-15-7-3-6-12(15)17)14-10-5-2-1-4-9(10)13(18)19/h1-2,4-5H,3,6-8H2,(H,14,16)(H,18,19). The molecule has 6 heteroatoms. The number of para-hydroxylation sites is 1. The Balaban J connectivity index is 2.03. The van der Waals surface area contributed by atoms with E-state index in [1.807, 2.05) is 0 Å². The normalized spacial score (nSPS) is 14.5. The van der Waals surface area contributed by atoms with Crippen LogP contribution in [0.25, 0.3) is 0 Å². The van der Waals surface area contributed by atoms with Crippen molar-refractivity contribution < 1.29 is 19.5 Å². The van der Waals surface area contributed by atoms with Gasteiger partial charge in [-0.15, -0.1) is 0 Å². The van der Waals surface area contributed by atoms with E-state index in [9.17, 15) is 14.4 Å². The molecule has 2 amide bonds. The average molecular weight is 262 g/mol. The third-order valence-corrected chi connectivity index (χ3v) is 2.94. The second-order valence-electron chi connectivity index (χ2n) is 4.32. The first kappa shape index (κ1) is 13.1. The predicted octanol–water partition coefficient (Wildman–Crippen LogP) is 0.946. The molecule has 1 aliphatic heterocycles. The van der Waals surface area contributed by atoms with Crippen LogP contribution in [0.1, 0.15) is 23.2 Å². The van der Waals surface area contributed by atoms with Crippen molar-refractivity contribution in [1.29, 1.82) is 0 Å². The van der Waals surface area contributed by atoms with Crippen molar-refractivity contribution in [3.8, 4) is 0 Å². The first-order valence-corrected chi connectivity index (χ1v) is 5.98. The summed E-state index contributed by atoms with van der Waals surface area (Å²) in [7, 11) is 0. The number of carbonyl (C=O) groups excluding carboxylic acids is 2. The summed E-state index contributed by atoms with van der Waals surface area (Å²) in [6.45, 7) is 0.541. The smallest absolute Gasteiger partial charge is 0.337 e. The van der Waals surface area contributed by atoms with Crippen molar-refractivity contribution in [3.05, 3.63) is 29.8 Å². The van der Waals surface area contributed by atoms with Crippen LogP contribution in [-0.4, -0.2) is 40.9 Å². The number of carbonyl (C=O) groups is 3. The summed E-state index contributed by atoms with van der Waals surface area (Å²) in [6, 6.07) is 6.16. The quantitative estimate of drug-likeness (QED) is 0.845. The number of nitrogens with one attached hydrogen (secondary N) is 1. The number of anilines is 1. The molecule has 1 heterocycles. The number of nitrogens with zero attached hydrogens (tertiary/aromatic N) is 1. The molecule has 19 heavy (non-hydrogen) atoms. The van der Waals surface area contributed by atoms with Crippen LogP contribution in [0.3, 0.4) is 0 Å². The number of amides is 2. The molecule has 2 rings (SSSR count). The van der Waals surface area contributed by atoms with Gasteiger partial charge in [0, 0.05) is 13.0 Å². The molecule has 0 aromatic heterocycles. The van der Waals surface area contributed by atoms with Crippen LogP contribution >= 0.6 is 0 Å². The average Bonchev–Trinajstić information content (AvgIpc) is 2.75. The second-order valence-corrected chi connectivity index (χ2v) is 4.32. The van der Waals surface area contributed by atoms with Gasteiger partial charge in [-0.05, 0) is 18.6 Å². The highest BCUT2D eigenvalue weighted by Crippen LogP contribution is 2.15. The maximum absolute atomic E-state index is 11.8. The van der Waals surface area contributed by atoms with Gasteiger partial charge in [-0.2, -0.15) is 0 Å². The van der Waals surface area contributed by atoms with E-state index in [2.05, 4.69) is 5.32 Å². The van der Waals surface area contributed by atoms with Crippen LogP contribution in [0.2, 0.25) is 0 Å². The van der Waals surface area contributed by atoms with Gasteiger partial charge < -0.3 is 15.3 Å². The van der Waals surface area contributed by atoms with E-state index in [1.54, 1.807) is 12.1 Å². The highest BCUT2D eigenvalue weighted by molar-refractivity contribution is 6.01. The fourth-order valence-corrected chi connectivity index (χ4v) is 2.01. The van der Waals surface area contributed by atoms with Crippen molar-refractivity contribution in [1.82, 2.24) is 4.90 Å². The van der Waals surface area contributed by atoms with Gasteiger partial charge in [0.1, 0.15) is 0 Å². The van der Waals surface area contributed by atoms with Gasteiger partial charge in [0.15, 0.2) is 0 Å². The number of carboxylic acids is 1. The van der Waals surface area contributed by atoms with Crippen molar-refractivity contribution in [2.45, 2.75) is 12.8 Å². The van der Waals surface area contributed by atoms with E-state index < -0.39 is 5.97 Å². The number of carboxylic acid groups (broad SMARTS) is 1. The summed E-state index contributed by atoms with van der Waals surface area (Å²) in [5, 5.41) is 11.5. The van der Waals surface area contributed by atoms with Crippen molar-refractivity contribution >= 4 is 23.5 Å². The van der Waals surface area contributed by atoms with E-state index in [0.29, 0.717) is 13.0 Å². The van der Waals surface area contributed by atoms with Crippen LogP contribution in [-0.2, 0) is 9.59 Å². The van der Waals surface area contributed by atoms with Crippen molar-refractivity contribution in [2.24, 2.45) is 0 Å². The highest BCUT2D eigenvalue weighted by Gasteiger charge is 2.22. The Morgan fingerprint density at radius 1 is 1.32 bits per heavy atom. The second kappa shape index (κ2) is 5.51. The zero-order valence-electron chi connectivity index (χ0n) is 10.3. The molecule has 1 saturated heterocycles. The molecule has 0 atom stereocenters. The monoisotopic (exact) mass is 262 g/mol. The Morgan fingerprint density at radius 3 is 2.68 bits per heavy atom. The lowest BCUT2D eigenvalue weighted by molar-refractivity contribution is -0.131. The van der Waals surface area contributed by atoms with Gasteiger partial charge in [-0.1, -0.05) is 12.1 Å². The lowest BCUT2D eigenvalue weighted by atomic mass is 10.2. The summed E-state index contributed by atoms with van der Waals surface area (Å²) in [5.41, 5.74) is 0.273. The number of benzene rings is 1. The number of likely N-dealkylation sites (tertiary alicyclic amines) is 1. The zero-order chi connectivity index (χ0) is 13.8. The van der Waals surface area contributed by atoms with E-state index in [-0.39, 0.29) is 29.6 Å². The van der Waals surface area contributed by atoms with Crippen LogP contribution in [0.4, 0.5) is 5.69 Å². The molecule has 0 saturated carbocycles. The Kier molecular flexibility index (Phi) is 3.79. The van der Waals surface area contributed by atoms with Crippen LogP contribution in [0, 0.1) is 0 Å². The molecule has 0 spiro atoms. The fraction of sp³-hybridized carbons (Fsp3) is 0.308. The maximum Gasteiger partial charge on any atom is 0.337 e. The molecule has 0 bridgehead atoms. The molecule has 1 aromatic carbocycles. The fourth-order valence-electron chi connectivity index (χ4n) is 2.01. The molecule has 2 N–H and O–H groups in total. The summed E-state index contributed by atoms with van der Waals surface area (Å²) < 4.78 is 0. The molecule has 1 aliphatic rings. The van der Waals surface area contributed by atoms with E-state index >= 15 is 0 Å². The third-order valence-electron chi connectivity index (χ3n) is 2.94. The summed E-state index contributed by atoms with van der Waals surface area (Å²) in [6.07, 6.45) is 1.23. The lowest BCUT2D eigenvalue weighted by Crippen LogP contribution is -2.34. The van der Waals surface area contributed by atoms with Crippen LogP contribution in [0.15, 0.2) is 24.3 Å². The van der Waals surface area contributed by atoms with Gasteiger partial charge in [0.2, 0.25) is 11.8 Å². The Morgan fingerprint density at radius 2 is 2.05 bits per heavy atom. The SMILES string of the molecule is O=C(CN1CCCC1=O)Nc1ccccc1C(=O)O. The Hall–Kier alpha value is -2.37. The first-order chi connectivity index (χ1) is 9.08. The topological polar surface area (TPSA) is 86.7 Å². The number of rotatable bonds is 4. The first-order valence-electron chi connectivity index (χ1n) is 5.98. The van der Waals surface area contributed by atoms with Crippen LogP contribution < -0.4 is 5.32 Å². The number of hydrogen-bond acceptors (Lipinski definition) is 3. The van der Waals surface area contributed by atoms with E-state index in [1.165, 1.54) is 17.0 Å². The minimum absolute atomic E-state index is 0.0311. The molecule has 0 radical (unpaired) electrons. The van der Waals surface area contributed by atoms with Crippen LogP contribution in [0.5, 0.6) is 0 Å². The van der Waals surface area contributed by atoms with E-state index in [4.69, 9.17) is 5.11 Å². The molecule has 0 aliphatic carbocycles. The van der Waals surface area contributed by atoms with Gasteiger partial charge in [0.25, 0.3) is 0 Å². The van der Waals surface area contributed by atoms with Gasteiger partial charge in [0.05, 0.1) is 17.8 Å². The summed E-state index contributed by atoms with van der Waals surface area (Å²) in [5.74, 6) is -1.53. The molecule has 0 unspecified atom stereocenters. The molecule has 1 aromatic rings. The van der Waals surface area contributed by atoms with Gasteiger partial charge >= 0.3 is 5.97 Å². The van der Waals surface area contributed by atoms with Gasteiger partial charge in [-0.3, -0.25) is 9.59 Å². The van der Waals surface area contributed by atoms with E-state index in [0.717, 1.165) is 6.42 Å². The third kappa shape index (κ3) is 3.09. The molecule has 100 valence electrons. The number of aromatic carboxylic acids is 1. The Bertz CT molecular complexity index is 527. The largest absolute Gasteiger partial charge is 0.478 e.